The average molecular weight is 244 g/mol. The van der Waals surface area contributed by atoms with Gasteiger partial charge < -0.3 is 9.32 Å². The molecule has 0 saturated carbocycles. The zero-order valence-electron chi connectivity index (χ0n) is 10.4. The molecule has 94 valence electrons. The minimum atomic E-state index is 0.214. The number of oxazole rings is 1. The molecule has 0 amide bonds. The van der Waals surface area contributed by atoms with Crippen molar-refractivity contribution in [2.24, 2.45) is 5.92 Å². The molecule has 0 spiro atoms. The molecule has 1 fully saturated rings. The molecule has 2 aromatic rings. The van der Waals surface area contributed by atoms with E-state index in [4.69, 9.17) is 4.42 Å². The Morgan fingerprint density at radius 3 is 2.72 bits per heavy atom. The van der Waals surface area contributed by atoms with Crippen LogP contribution in [0.4, 0.5) is 6.01 Å². The summed E-state index contributed by atoms with van der Waals surface area (Å²) in [6.45, 7) is 3.37. The van der Waals surface area contributed by atoms with Gasteiger partial charge in [-0.2, -0.15) is 4.98 Å². The summed E-state index contributed by atoms with van der Waals surface area (Å²) < 4.78 is 5.73. The Morgan fingerprint density at radius 2 is 2.06 bits per heavy atom. The Kier molecular flexibility index (Phi) is 2.78. The predicted molar refractivity (Wildman–Crippen MR) is 69.6 cm³/mol. The predicted octanol–water partition coefficient (Wildman–Crippen LogP) is 2.63. The van der Waals surface area contributed by atoms with Crippen molar-refractivity contribution in [2.45, 2.75) is 19.8 Å². The lowest BCUT2D eigenvalue weighted by molar-refractivity contribution is -0.121. The third-order valence-electron chi connectivity index (χ3n) is 3.62. The van der Waals surface area contributed by atoms with E-state index in [9.17, 15) is 4.79 Å². The Hall–Kier alpha value is -1.84. The van der Waals surface area contributed by atoms with Gasteiger partial charge >= 0.3 is 0 Å². The number of hydrogen-bond donors (Lipinski definition) is 0. The summed E-state index contributed by atoms with van der Waals surface area (Å²) in [6.07, 6.45) is 1.79. The average Bonchev–Trinajstić information content (AvgIpc) is 2.82. The summed E-state index contributed by atoms with van der Waals surface area (Å²) in [4.78, 5) is 17.9. The van der Waals surface area contributed by atoms with Gasteiger partial charge in [-0.25, -0.2) is 0 Å². The molecule has 0 bridgehead atoms. The summed E-state index contributed by atoms with van der Waals surface area (Å²) >= 11 is 0. The number of piperidine rings is 1. The largest absolute Gasteiger partial charge is 0.423 e. The third kappa shape index (κ3) is 1.98. The number of rotatable bonds is 2. The van der Waals surface area contributed by atoms with Crippen molar-refractivity contribution in [2.75, 3.05) is 18.0 Å². The summed E-state index contributed by atoms with van der Waals surface area (Å²) in [6, 6.07) is 8.45. The van der Waals surface area contributed by atoms with Crippen LogP contribution in [0.5, 0.6) is 0 Å². The minimum absolute atomic E-state index is 0.214. The highest BCUT2D eigenvalue weighted by atomic mass is 16.4. The fourth-order valence-electron chi connectivity index (χ4n) is 2.47. The molecule has 1 aliphatic heterocycles. The van der Waals surface area contributed by atoms with Crippen molar-refractivity contribution in [1.82, 2.24) is 4.98 Å². The molecule has 3 rings (SSSR count). The smallest absolute Gasteiger partial charge is 0.298 e. The molecule has 0 unspecified atom stereocenters. The molecule has 2 heterocycles. The van der Waals surface area contributed by atoms with Crippen molar-refractivity contribution >= 4 is 22.9 Å². The molecular formula is C14H16N2O2. The van der Waals surface area contributed by atoms with E-state index in [2.05, 4.69) is 9.88 Å². The zero-order chi connectivity index (χ0) is 12.5. The van der Waals surface area contributed by atoms with Gasteiger partial charge in [0.05, 0.1) is 0 Å². The Morgan fingerprint density at radius 1 is 1.33 bits per heavy atom. The lowest BCUT2D eigenvalue weighted by Crippen LogP contribution is -2.35. The lowest BCUT2D eigenvalue weighted by atomic mass is 9.94. The van der Waals surface area contributed by atoms with E-state index < -0.39 is 0 Å². The summed E-state index contributed by atoms with van der Waals surface area (Å²) in [7, 11) is 0. The number of carbonyl (C=O) groups is 1. The first kappa shape index (κ1) is 11.3. The van der Waals surface area contributed by atoms with E-state index in [1.54, 1.807) is 6.92 Å². The first-order valence-electron chi connectivity index (χ1n) is 6.35. The van der Waals surface area contributed by atoms with Crippen molar-refractivity contribution in [3.05, 3.63) is 24.3 Å². The van der Waals surface area contributed by atoms with Crippen LogP contribution < -0.4 is 4.90 Å². The van der Waals surface area contributed by atoms with Crippen LogP contribution in [0.25, 0.3) is 11.1 Å². The molecule has 18 heavy (non-hydrogen) atoms. The zero-order valence-corrected chi connectivity index (χ0v) is 10.4. The van der Waals surface area contributed by atoms with Crippen LogP contribution in [-0.2, 0) is 4.79 Å². The minimum Gasteiger partial charge on any atom is -0.423 e. The first-order chi connectivity index (χ1) is 8.74. The summed E-state index contributed by atoms with van der Waals surface area (Å²) in [5, 5.41) is 0. The molecule has 1 aromatic carbocycles. The number of hydrogen-bond acceptors (Lipinski definition) is 4. The monoisotopic (exact) mass is 244 g/mol. The molecule has 0 radical (unpaired) electrons. The van der Waals surface area contributed by atoms with Crippen LogP contribution >= 0.6 is 0 Å². The Labute approximate surface area is 106 Å². The lowest BCUT2D eigenvalue weighted by Gasteiger charge is -2.29. The standard InChI is InChI=1S/C14H16N2O2/c1-10(17)11-6-8-16(9-7-11)14-15-12-4-2-3-5-13(12)18-14/h2-5,11H,6-9H2,1H3. The van der Waals surface area contributed by atoms with Crippen molar-refractivity contribution < 1.29 is 9.21 Å². The van der Waals surface area contributed by atoms with Gasteiger partial charge in [-0.3, -0.25) is 4.79 Å². The first-order valence-corrected chi connectivity index (χ1v) is 6.35. The number of ketones is 1. The normalized spacial score (nSPS) is 17.3. The van der Waals surface area contributed by atoms with Crippen LogP contribution in [0.15, 0.2) is 28.7 Å². The van der Waals surface area contributed by atoms with Gasteiger partial charge in [0, 0.05) is 19.0 Å². The molecule has 0 N–H and O–H groups in total. The van der Waals surface area contributed by atoms with Gasteiger partial charge in [0.25, 0.3) is 6.01 Å². The van der Waals surface area contributed by atoms with Gasteiger partial charge in [-0.1, -0.05) is 12.1 Å². The van der Waals surface area contributed by atoms with Gasteiger partial charge in [0.15, 0.2) is 5.58 Å². The number of aromatic nitrogens is 1. The molecule has 1 aliphatic rings. The quantitative estimate of drug-likeness (QED) is 0.814. The molecule has 0 atom stereocenters. The van der Waals surface area contributed by atoms with E-state index in [1.807, 2.05) is 24.3 Å². The number of fused-ring (bicyclic) bond motifs is 1. The van der Waals surface area contributed by atoms with Gasteiger partial charge in [-0.15, -0.1) is 0 Å². The van der Waals surface area contributed by atoms with E-state index in [-0.39, 0.29) is 5.92 Å². The van der Waals surface area contributed by atoms with Crippen LogP contribution in [0.3, 0.4) is 0 Å². The van der Waals surface area contributed by atoms with E-state index in [0.29, 0.717) is 11.8 Å². The fraction of sp³-hybridized carbons (Fsp3) is 0.429. The number of para-hydroxylation sites is 2. The second kappa shape index (κ2) is 4.44. The van der Waals surface area contributed by atoms with Gasteiger partial charge in [-0.05, 0) is 31.9 Å². The Balaban J connectivity index is 1.78. The van der Waals surface area contributed by atoms with E-state index in [0.717, 1.165) is 37.0 Å². The second-order valence-electron chi connectivity index (χ2n) is 4.84. The van der Waals surface area contributed by atoms with Crippen LogP contribution in [-0.4, -0.2) is 23.9 Å². The highest BCUT2D eigenvalue weighted by Gasteiger charge is 2.24. The van der Waals surface area contributed by atoms with Gasteiger partial charge in [0.1, 0.15) is 11.3 Å². The van der Waals surface area contributed by atoms with Crippen LogP contribution in [0, 0.1) is 5.92 Å². The maximum Gasteiger partial charge on any atom is 0.298 e. The number of Topliss-reactive ketones (excluding diaryl/α,β-unsaturated/α-hetero) is 1. The van der Waals surface area contributed by atoms with Gasteiger partial charge in [0.2, 0.25) is 0 Å². The maximum atomic E-state index is 11.3. The summed E-state index contributed by atoms with van der Waals surface area (Å²) in [5.41, 5.74) is 1.71. The van der Waals surface area contributed by atoms with E-state index >= 15 is 0 Å². The SMILES string of the molecule is CC(=O)C1CCN(c2nc3ccccc3o2)CC1. The molecular weight excluding hydrogens is 228 g/mol. The number of benzene rings is 1. The number of anilines is 1. The van der Waals surface area contributed by atoms with Crippen molar-refractivity contribution in [3.8, 4) is 0 Å². The molecule has 4 nitrogen and oxygen atoms in total. The Bertz CT molecular complexity index is 535. The van der Waals surface area contributed by atoms with E-state index in [1.165, 1.54) is 0 Å². The fourth-order valence-corrected chi connectivity index (χ4v) is 2.47. The number of nitrogens with zero attached hydrogens (tertiary/aromatic N) is 2. The molecule has 1 aromatic heterocycles. The summed E-state index contributed by atoms with van der Waals surface area (Å²) in [5.74, 6) is 0.512. The molecule has 0 aliphatic carbocycles. The highest BCUT2D eigenvalue weighted by Crippen LogP contribution is 2.26. The van der Waals surface area contributed by atoms with Crippen molar-refractivity contribution in [3.63, 3.8) is 0 Å². The number of carbonyl (C=O) groups excluding carboxylic acids is 1. The second-order valence-corrected chi connectivity index (χ2v) is 4.84. The van der Waals surface area contributed by atoms with Crippen molar-refractivity contribution in [1.29, 1.82) is 0 Å². The highest BCUT2D eigenvalue weighted by molar-refractivity contribution is 5.78. The van der Waals surface area contributed by atoms with Crippen LogP contribution in [0.2, 0.25) is 0 Å². The van der Waals surface area contributed by atoms with Crippen LogP contribution in [0.1, 0.15) is 19.8 Å². The third-order valence-corrected chi connectivity index (χ3v) is 3.62. The molecule has 4 heteroatoms. The topological polar surface area (TPSA) is 46.3 Å². The maximum absolute atomic E-state index is 11.3. The molecule has 1 saturated heterocycles.